The second-order valence-electron chi connectivity index (χ2n) is 4.54. The van der Waals surface area contributed by atoms with Crippen molar-refractivity contribution in [3.63, 3.8) is 0 Å². The van der Waals surface area contributed by atoms with Gasteiger partial charge in [-0.3, -0.25) is 13.9 Å². The molecule has 0 saturated heterocycles. The number of hydrogen-bond donors (Lipinski definition) is 0. The number of fused-ring (bicyclic) bond motifs is 1. The van der Waals surface area contributed by atoms with Crippen LogP contribution in [0, 0.1) is 0 Å². The highest BCUT2D eigenvalue weighted by Gasteiger charge is 2.06. The second-order valence-corrected chi connectivity index (χ2v) is 5.46. The Labute approximate surface area is 130 Å². The fourth-order valence-electron chi connectivity index (χ4n) is 2.02. The second kappa shape index (κ2) is 5.65. The van der Waals surface area contributed by atoms with Crippen LogP contribution in [-0.4, -0.2) is 24.9 Å². The first-order valence-corrected chi connectivity index (χ1v) is 7.34. The molecule has 0 spiro atoms. The van der Waals surface area contributed by atoms with Gasteiger partial charge in [-0.25, -0.2) is 4.98 Å². The number of allylic oxidation sites excluding steroid dienone is 1. The highest BCUT2D eigenvalue weighted by molar-refractivity contribution is 9.10. The average molecular weight is 345 g/mol. The van der Waals surface area contributed by atoms with Crippen LogP contribution in [0.3, 0.4) is 0 Å². The molecule has 6 heteroatoms. The molecule has 0 N–H and O–H groups in total. The number of pyridine rings is 1. The number of nitrogens with zero attached hydrogens (tertiary/aromatic N) is 4. The minimum absolute atomic E-state index is 0.0698. The molecule has 0 radical (unpaired) electrons. The molecule has 0 unspecified atom stereocenters. The fraction of sp³-hybridized carbons (Fsp3) is 0.133. The molecule has 0 bridgehead atoms. The van der Waals surface area contributed by atoms with Gasteiger partial charge in [-0.1, -0.05) is 0 Å². The van der Waals surface area contributed by atoms with Gasteiger partial charge in [0.1, 0.15) is 5.65 Å². The zero-order valence-corrected chi connectivity index (χ0v) is 13.0. The van der Waals surface area contributed by atoms with Crippen LogP contribution in [0.15, 0.2) is 47.5 Å². The predicted molar refractivity (Wildman–Crippen MR) is 84.2 cm³/mol. The third-order valence-electron chi connectivity index (χ3n) is 3.15. The quantitative estimate of drug-likeness (QED) is 0.539. The van der Waals surface area contributed by atoms with E-state index in [2.05, 4.69) is 26.0 Å². The molecule has 0 aromatic carbocycles. The van der Waals surface area contributed by atoms with Gasteiger partial charge in [0.25, 0.3) is 0 Å². The van der Waals surface area contributed by atoms with Crippen molar-refractivity contribution in [1.82, 2.24) is 19.2 Å². The molecule has 0 saturated carbocycles. The van der Waals surface area contributed by atoms with Crippen LogP contribution in [0.1, 0.15) is 23.0 Å². The lowest BCUT2D eigenvalue weighted by Crippen LogP contribution is -1.95. The molecule has 0 aliphatic rings. The van der Waals surface area contributed by atoms with Crippen molar-refractivity contribution in [1.29, 1.82) is 0 Å². The van der Waals surface area contributed by atoms with Gasteiger partial charge in [-0.2, -0.15) is 5.10 Å². The van der Waals surface area contributed by atoms with E-state index in [0.717, 1.165) is 22.4 Å². The van der Waals surface area contributed by atoms with Crippen molar-refractivity contribution in [2.24, 2.45) is 0 Å². The normalized spacial score (nSPS) is 11.5. The number of ketones is 1. The van der Waals surface area contributed by atoms with Gasteiger partial charge < -0.3 is 0 Å². The summed E-state index contributed by atoms with van der Waals surface area (Å²) in [4.78, 5) is 16.4. The van der Waals surface area contributed by atoms with Gasteiger partial charge in [-0.05, 0) is 47.1 Å². The Balaban J connectivity index is 1.87. The fourth-order valence-corrected chi connectivity index (χ4v) is 2.35. The summed E-state index contributed by atoms with van der Waals surface area (Å²) in [5, 5.41) is 4.10. The van der Waals surface area contributed by atoms with E-state index >= 15 is 0 Å². The van der Waals surface area contributed by atoms with Crippen LogP contribution in [0.2, 0.25) is 0 Å². The Kier molecular flexibility index (Phi) is 3.70. The van der Waals surface area contributed by atoms with E-state index in [-0.39, 0.29) is 5.78 Å². The molecule has 0 fully saturated rings. The van der Waals surface area contributed by atoms with E-state index in [1.807, 2.05) is 29.7 Å². The first-order chi connectivity index (χ1) is 10.2. The monoisotopic (exact) mass is 344 g/mol. The van der Waals surface area contributed by atoms with E-state index in [1.54, 1.807) is 35.4 Å². The highest BCUT2D eigenvalue weighted by Crippen LogP contribution is 2.14. The topological polar surface area (TPSA) is 52.2 Å². The van der Waals surface area contributed by atoms with Crippen LogP contribution >= 0.6 is 15.9 Å². The largest absolute Gasteiger partial charge is 0.299 e. The molecule has 21 heavy (non-hydrogen) atoms. The standard InChI is InChI=1S/C15H13BrN4O/c1-2-19-9-11(7-18-19)14(21)5-4-13-8-17-15-6-3-12(16)10-20(13)15/h3-10H,2H2,1H3. The molecule has 0 aliphatic carbocycles. The SMILES string of the molecule is CCn1cc(C(=O)C=Cc2cnc3ccc(Br)cn23)cn1. The Morgan fingerprint density at radius 1 is 1.33 bits per heavy atom. The maximum atomic E-state index is 12.1. The Morgan fingerprint density at radius 2 is 2.19 bits per heavy atom. The van der Waals surface area contributed by atoms with E-state index in [0.29, 0.717) is 5.56 Å². The number of carbonyl (C=O) groups excluding carboxylic acids is 1. The Morgan fingerprint density at radius 3 is 2.95 bits per heavy atom. The number of aryl methyl sites for hydroxylation is 1. The molecule has 106 valence electrons. The lowest BCUT2D eigenvalue weighted by molar-refractivity contribution is 0.104. The number of imidazole rings is 1. The van der Waals surface area contributed by atoms with Crippen LogP contribution in [0.5, 0.6) is 0 Å². The molecule has 5 nitrogen and oxygen atoms in total. The molecule has 3 aromatic heterocycles. The summed E-state index contributed by atoms with van der Waals surface area (Å²) in [6.07, 6.45) is 10.3. The van der Waals surface area contributed by atoms with Gasteiger partial charge in [0.2, 0.25) is 0 Å². The average Bonchev–Trinajstić information content (AvgIpc) is 3.11. The predicted octanol–water partition coefficient (Wildman–Crippen LogP) is 3.21. The molecule has 3 heterocycles. The summed E-state index contributed by atoms with van der Waals surface area (Å²) in [7, 11) is 0. The maximum Gasteiger partial charge on any atom is 0.189 e. The van der Waals surface area contributed by atoms with Gasteiger partial charge in [-0.15, -0.1) is 0 Å². The van der Waals surface area contributed by atoms with Crippen molar-refractivity contribution in [3.05, 3.63) is 58.7 Å². The van der Waals surface area contributed by atoms with Gasteiger partial charge >= 0.3 is 0 Å². The summed E-state index contributed by atoms with van der Waals surface area (Å²) in [5.74, 6) is -0.0698. The summed E-state index contributed by atoms with van der Waals surface area (Å²) in [6, 6.07) is 3.84. The smallest absolute Gasteiger partial charge is 0.189 e. The van der Waals surface area contributed by atoms with Gasteiger partial charge in [0, 0.05) is 23.4 Å². The third-order valence-corrected chi connectivity index (χ3v) is 3.61. The lowest BCUT2D eigenvalue weighted by Gasteiger charge is -1.97. The van der Waals surface area contributed by atoms with Gasteiger partial charge in [0.05, 0.1) is 23.7 Å². The van der Waals surface area contributed by atoms with Gasteiger partial charge in [0.15, 0.2) is 5.78 Å². The van der Waals surface area contributed by atoms with Crippen molar-refractivity contribution in [2.75, 3.05) is 0 Å². The number of halogens is 1. The van der Waals surface area contributed by atoms with Crippen molar-refractivity contribution in [3.8, 4) is 0 Å². The number of rotatable bonds is 4. The van der Waals surface area contributed by atoms with Crippen molar-refractivity contribution >= 4 is 33.4 Å². The highest BCUT2D eigenvalue weighted by atomic mass is 79.9. The molecule has 3 aromatic rings. The lowest BCUT2D eigenvalue weighted by atomic mass is 10.2. The summed E-state index contributed by atoms with van der Waals surface area (Å²) in [6.45, 7) is 2.73. The van der Waals surface area contributed by atoms with Crippen LogP contribution in [0.25, 0.3) is 11.7 Å². The summed E-state index contributed by atoms with van der Waals surface area (Å²) >= 11 is 3.43. The molecule has 0 aliphatic heterocycles. The Hall–Kier alpha value is -2.21. The van der Waals surface area contributed by atoms with E-state index in [9.17, 15) is 4.79 Å². The van der Waals surface area contributed by atoms with E-state index < -0.39 is 0 Å². The van der Waals surface area contributed by atoms with Crippen molar-refractivity contribution in [2.45, 2.75) is 13.5 Å². The van der Waals surface area contributed by atoms with Crippen molar-refractivity contribution < 1.29 is 4.79 Å². The minimum Gasteiger partial charge on any atom is -0.299 e. The maximum absolute atomic E-state index is 12.1. The summed E-state index contributed by atoms with van der Waals surface area (Å²) < 4.78 is 4.61. The first-order valence-electron chi connectivity index (χ1n) is 6.55. The number of hydrogen-bond acceptors (Lipinski definition) is 3. The number of carbonyl (C=O) groups is 1. The van der Waals surface area contributed by atoms with Crippen LogP contribution < -0.4 is 0 Å². The van der Waals surface area contributed by atoms with E-state index in [4.69, 9.17) is 0 Å². The molecule has 3 rings (SSSR count). The molecule has 0 atom stereocenters. The minimum atomic E-state index is -0.0698. The van der Waals surface area contributed by atoms with Crippen LogP contribution in [-0.2, 0) is 6.54 Å². The molecular weight excluding hydrogens is 332 g/mol. The van der Waals surface area contributed by atoms with Crippen LogP contribution in [0.4, 0.5) is 0 Å². The first kappa shape index (κ1) is 13.8. The molecule has 0 amide bonds. The molecular formula is C15H13BrN4O. The Bertz CT molecular complexity index is 831. The zero-order chi connectivity index (χ0) is 14.8. The third kappa shape index (κ3) is 2.80. The zero-order valence-electron chi connectivity index (χ0n) is 11.4. The number of aromatic nitrogens is 4. The van der Waals surface area contributed by atoms with E-state index in [1.165, 1.54) is 0 Å². The summed E-state index contributed by atoms with van der Waals surface area (Å²) in [5.41, 5.74) is 2.27.